The van der Waals surface area contributed by atoms with Crippen molar-refractivity contribution in [2.24, 2.45) is 27.6 Å². The molecule has 0 saturated heterocycles. The molecule has 0 bridgehead atoms. The first-order chi connectivity index (χ1) is 12.1. The van der Waals surface area contributed by atoms with Gasteiger partial charge in [-0.3, -0.25) is 0 Å². The summed E-state index contributed by atoms with van der Waals surface area (Å²) in [7, 11) is 0. The van der Waals surface area contributed by atoms with E-state index in [2.05, 4.69) is 102 Å². The van der Waals surface area contributed by atoms with E-state index in [1.54, 1.807) is 11.1 Å². The molecule has 0 aliphatic rings. The Hall–Kier alpha value is -0.520. The maximum absolute atomic E-state index is 2.50. The molecule has 1 atom stereocenters. The summed E-state index contributed by atoms with van der Waals surface area (Å²) in [5.74, 6) is 0.711. The summed E-state index contributed by atoms with van der Waals surface area (Å²) in [5.41, 5.74) is 4.09. The van der Waals surface area contributed by atoms with Crippen molar-refractivity contribution in [2.75, 3.05) is 0 Å². The minimum Gasteiger partial charge on any atom is -0.0836 e. The van der Waals surface area contributed by atoms with Gasteiger partial charge in [0, 0.05) is 0 Å². The molecule has 0 aliphatic heterocycles. The van der Waals surface area contributed by atoms with Crippen LogP contribution in [0.25, 0.3) is 0 Å². The molecule has 0 nitrogen and oxygen atoms in total. The van der Waals surface area contributed by atoms with Crippen molar-refractivity contribution >= 4 is 0 Å². The first-order valence-corrected chi connectivity index (χ1v) is 11.5. The fraction of sp³-hybridized carbons (Fsp3) is 0.852. The second kappa shape index (κ2) is 9.80. The van der Waals surface area contributed by atoms with Crippen LogP contribution in [-0.2, 0) is 0 Å². The predicted molar refractivity (Wildman–Crippen MR) is 126 cm³/mol. The zero-order chi connectivity index (χ0) is 21.7. The number of rotatable bonds is 11. The van der Waals surface area contributed by atoms with Crippen molar-refractivity contribution in [3.63, 3.8) is 0 Å². The van der Waals surface area contributed by atoms with E-state index in [9.17, 15) is 0 Å². The lowest BCUT2D eigenvalue weighted by Crippen LogP contribution is -2.40. The van der Waals surface area contributed by atoms with Gasteiger partial charge in [0.2, 0.25) is 0 Å². The molecule has 0 N–H and O–H groups in total. The number of hydrogen-bond acceptors (Lipinski definition) is 0. The molecule has 0 saturated carbocycles. The van der Waals surface area contributed by atoms with E-state index in [0.29, 0.717) is 11.3 Å². The van der Waals surface area contributed by atoms with Crippen LogP contribution >= 0.6 is 0 Å². The van der Waals surface area contributed by atoms with Gasteiger partial charge in [-0.05, 0) is 71.8 Å². The summed E-state index contributed by atoms with van der Waals surface area (Å²) in [4.78, 5) is 0. The van der Waals surface area contributed by atoms with Crippen LogP contribution in [0.4, 0.5) is 0 Å². The molecule has 27 heavy (non-hydrogen) atoms. The quantitative estimate of drug-likeness (QED) is 0.315. The van der Waals surface area contributed by atoms with E-state index in [1.165, 1.54) is 32.1 Å². The highest BCUT2D eigenvalue weighted by molar-refractivity contribution is 5.40. The van der Waals surface area contributed by atoms with E-state index in [0.717, 1.165) is 0 Å². The molecule has 0 aromatic rings. The SMILES string of the molecule is CC=C(C(=CC)C(C)(C)C(C)(C)CC(C)C(C)(C)CCC)C(C)(C)CCC. The first-order valence-electron chi connectivity index (χ1n) is 11.5. The molecule has 0 aromatic heterocycles. The average Bonchev–Trinajstić information content (AvgIpc) is 2.50. The summed E-state index contributed by atoms with van der Waals surface area (Å²) in [6.45, 7) is 31.3. The highest BCUT2D eigenvalue weighted by Gasteiger charge is 2.44. The molecule has 0 spiro atoms. The standard InChI is InChI=1S/C27H52/c1-14-18-24(6,7)21(5)20-26(10,11)27(12,13)23(17-4)22(16-3)25(8,9)19-15-2/h16-17,21H,14-15,18-20H2,1-13H3. The third kappa shape index (κ3) is 6.23. The lowest BCUT2D eigenvalue weighted by molar-refractivity contribution is 0.0692. The largest absolute Gasteiger partial charge is 0.0836 e. The lowest BCUT2D eigenvalue weighted by Gasteiger charge is -2.49. The Kier molecular flexibility index (Phi) is 9.61. The van der Waals surface area contributed by atoms with Crippen LogP contribution in [-0.4, -0.2) is 0 Å². The second-order valence-electron chi connectivity index (χ2n) is 11.4. The van der Waals surface area contributed by atoms with E-state index < -0.39 is 0 Å². The van der Waals surface area contributed by atoms with Crippen molar-refractivity contribution in [2.45, 2.75) is 122 Å². The van der Waals surface area contributed by atoms with Crippen molar-refractivity contribution < 1.29 is 0 Å². The Morgan fingerprint density at radius 3 is 1.56 bits per heavy atom. The molecule has 0 aliphatic carbocycles. The lowest BCUT2D eigenvalue weighted by atomic mass is 9.55. The Morgan fingerprint density at radius 2 is 1.19 bits per heavy atom. The minimum atomic E-state index is 0.130. The second-order valence-corrected chi connectivity index (χ2v) is 11.4. The highest BCUT2D eigenvalue weighted by Crippen LogP contribution is 2.55. The maximum Gasteiger partial charge on any atom is -0.00528 e. The summed E-state index contributed by atoms with van der Waals surface area (Å²) in [6, 6.07) is 0. The average molecular weight is 377 g/mol. The van der Waals surface area contributed by atoms with Crippen LogP contribution in [0, 0.1) is 27.6 Å². The summed E-state index contributed by atoms with van der Waals surface area (Å²) >= 11 is 0. The Labute approximate surface area is 173 Å². The van der Waals surface area contributed by atoms with Crippen molar-refractivity contribution in [1.29, 1.82) is 0 Å². The summed E-state index contributed by atoms with van der Waals surface area (Å²) in [6.07, 6.45) is 11.1. The van der Waals surface area contributed by atoms with Crippen LogP contribution in [0.3, 0.4) is 0 Å². The molecule has 0 rings (SSSR count). The maximum atomic E-state index is 2.50. The summed E-state index contributed by atoms with van der Waals surface area (Å²) < 4.78 is 0. The minimum absolute atomic E-state index is 0.130. The summed E-state index contributed by atoms with van der Waals surface area (Å²) in [5, 5.41) is 0. The van der Waals surface area contributed by atoms with Crippen LogP contribution < -0.4 is 0 Å². The van der Waals surface area contributed by atoms with Crippen molar-refractivity contribution in [1.82, 2.24) is 0 Å². The molecule has 0 heterocycles. The van der Waals surface area contributed by atoms with E-state index in [1.807, 2.05) is 0 Å². The fourth-order valence-corrected chi connectivity index (χ4v) is 5.08. The van der Waals surface area contributed by atoms with Crippen LogP contribution in [0.15, 0.2) is 23.3 Å². The third-order valence-corrected chi connectivity index (χ3v) is 7.88. The van der Waals surface area contributed by atoms with Crippen LogP contribution in [0.2, 0.25) is 0 Å². The van der Waals surface area contributed by atoms with Gasteiger partial charge in [0.05, 0.1) is 0 Å². The molecule has 0 aromatic carbocycles. The predicted octanol–water partition coefficient (Wildman–Crippen LogP) is 9.61. The first kappa shape index (κ1) is 26.5. The number of allylic oxidation sites excluding steroid dienone is 4. The van der Waals surface area contributed by atoms with Gasteiger partial charge in [0.25, 0.3) is 0 Å². The molecular weight excluding hydrogens is 324 g/mol. The number of hydrogen-bond donors (Lipinski definition) is 0. The molecule has 0 heteroatoms. The molecule has 1 unspecified atom stereocenters. The normalized spacial score (nSPS) is 16.6. The van der Waals surface area contributed by atoms with Gasteiger partial charge in [0.1, 0.15) is 0 Å². The Bertz CT molecular complexity index is 508. The van der Waals surface area contributed by atoms with Crippen molar-refractivity contribution in [3.8, 4) is 0 Å². The molecule has 0 amide bonds. The molecule has 160 valence electrons. The van der Waals surface area contributed by atoms with Gasteiger partial charge < -0.3 is 0 Å². The third-order valence-electron chi connectivity index (χ3n) is 7.88. The highest BCUT2D eigenvalue weighted by atomic mass is 14.5. The van der Waals surface area contributed by atoms with Gasteiger partial charge in [0.15, 0.2) is 0 Å². The fourth-order valence-electron chi connectivity index (χ4n) is 5.08. The monoisotopic (exact) mass is 376 g/mol. The van der Waals surface area contributed by atoms with Crippen molar-refractivity contribution in [3.05, 3.63) is 23.3 Å². The van der Waals surface area contributed by atoms with Gasteiger partial charge in [-0.15, -0.1) is 0 Å². The molecule has 0 fully saturated rings. The Balaban J connectivity index is 5.90. The smallest absolute Gasteiger partial charge is 0.00528 e. The molecular formula is C27H52. The topological polar surface area (TPSA) is 0 Å². The van der Waals surface area contributed by atoms with Gasteiger partial charge in [-0.25, -0.2) is 0 Å². The zero-order valence-corrected chi connectivity index (χ0v) is 21.3. The van der Waals surface area contributed by atoms with E-state index in [4.69, 9.17) is 0 Å². The Morgan fingerprint density at radius 1 is 0.741 bits per heavy atom. The van der Waals surface area contributed by atoms with Gasteiger partial charge in [-0.1, -0.05) is 101 Å². The molecule has 0 radical (unpaired) electrons. The van der Waals surface area contributed by atoms with E-state index in [-0.39, 0.29) is 16.2 Å². The van der Waals surface area contributed by atoms with Crippen LogP contribution in [0.1, 0.15) is 122 Å². The van der Waals surface area contributed by atoms with Gasteiger partial charge >= 0.3 is 0 Å². The van der Waals surface area contributed by atoms with E-state index >= 15 is 0 Å². The zero-order valence-electron chi connectivity index (χ0n) is 21.3. The van der Waals surface area contributed by atoms with Gasteiger partial charge in [-0.2, -0.15) is 0 Å². The van der Waals surface area contributed by atoms with Crippen LogP contribution in [0.5, 0.6) is 0 Å².